The van der Waals surface area contributed by atoms with Gasteiger partial charge in [0.2, 0.25) is 1.43 Å². The number of carbonyl (C=O) groups excluding carboxylic acids is 1. The molecular weight excluding hydrogens is 938 g/mol. The van der Waals surface area contributed by atoms with Crippen LogP contribution in [0.2, 0.25) is 0 Å². The van der Waals surface area contributed by atoms with Crippen LogP contribution in [0.5, 0.6) is 0 Å². The third kappa shape index (κ3) is 69.7. The Labute approximate surface area is 434 Å². The number of alkyl halides is 1. The maximum atomic E-state index is 11.9. The number of carbonyl (C=O) groups is 1. The van der Waals surface area contributed by atoms with Gasteiger partial charge < -0.3 is 4.56 Å². The van der Waals surface area contributed by atoms with E-state index in [0.717, 1.165) is 63.4 Å². The van der Waals surface area contributed by atoms with Crippen LogP contribution < -0.4 is 0 Å². The third-order valence-electron chi connectivity index (χ3n) is 12.4. The molecule has 0 aliphatic carbocycles. The van der Waals surface area contributed by atoms with Crippen LogP contribution in [0.1, 0.15) is 317 Å². The molecule has 0 saturated heterocycles. The lowest BCUT2D eigenvalue weighted by atomic mass is 9.95. The molecule has 0 heterocycles. The number of hydrogen-bond donors (Lipinski definition) is 1. The van der Waals surface area contributed by atoms with E-state index in [9.17, 15) is 10.1 Å². The molecule has 1 N–H and O–H groups in total. The van der Waals surface area contributed by atoms with E-state index in [2.05, 4.69) is 110 Å². The first-order chi connectivity index (χ1) is 32.9. The monoisotopic (exact) mass is 1050 g/mol. The molecule has 0 fully saturated rings. The summed E-state index contributed by atoms with van der Waals surface area (Å²) in [6.07, 6.45) is 74.8. The number of allylic oxidation sites excluding steroid dienone is 8. The maximum Gasteiger partial charge on any atom is 0.229 e. The van der Waals surface area contributed by atoms with Gasteiger partial charge in [0.1, 0.15) is 5.78 Å². The molecule has 0 aromatic heterocycles. The first kappa shape index (κ1) is 67.2. The quantitative estimate of drug-likeness (QED) is 0.0217. The van der Waals surface area contributed by atoms with Gasteiger partial charge in [0.15, 0.2) is 0 Å². The summed E-state index contributed by atoms with van der Waals surface area (Å²) in [5.74, 6) is 0.819. The molecule has 0 aliphatic heterocycles. The highest BCUT2D eigenvalue weighted by Gasteiger charge is 2.07. The average molecular weight is 1050 g/mol. The van der Waals surface area contributed by atoms with Crippen molar-refractivity contribution in [1.82, 2.24) is 0 Å². The standard InChI is InChI=1S/C30H55N.C29H54O.C2H5IOS/c1-3-5-7-9-11-12-13-14-15-16-17-18-19-20-22-24-26-28-30(29-31)27-25-23-21-10-8-6-4-2;1-3-5-7-9-11-12-13-14-15-16-17-18-19-20-22-24-26-28-29(30)27-25-23-21-10-8-6-4-2;1-2(3)5-4/h11-12,14-15,30H,3-10,13,16-28H2,1-2H3;11-12,14-15H,3-10,13,16-28H2,1-2H3;2,4H,1H3/b2*12-11-,15-14-;/i/hT. The van der Waals surface area contributed by atoms with E-state index in [1.165, 1.54) is 231 Å². The normalized spacial score (nSPS) is 12.7. The zero-order valence-corrected chi connectivity index (χ0v) is 47.9. The zero-order valence-electron chi connectivity index (χ0n) is 45.9. The van der Waals surface area contributed by atoms with Crippen LogP contribution in [0.25, 0.3) is 1.43 Å². The van der Waals surface area contributed by atoms with E-state index in [1.54, 1.807) is 0 Å². The van der Waals surface area contributed by atoms with E-state index in [-0.39, 0.29) is 0 Å². The van der Waals surface area contributed by atoms with Gasteiger partial charge in [0.05, 0.1) is 9.33 Å². The number of ketones is 1. The van der Waals surface area contributed by atoms with Gasteiger partial charge in [-0.1, -0.05) is 279 Å². The number of nitriles is 1. The van der Waals surface area contributed by atoms with Crippen molar-refractivity contribution >= 4 is 40.4 Å². The lowest BCUT2D eigenvalue weighted by Crippen LogP contribution is -1.97. The third-order valence-corrected chi connectivity index (χ3v) is 13.3. The number of Topliss-reactive ketones (excluding diaryl/α,β-unsaturated/α-hetero) is 1. The summed E-state index contributed by atoms with van der Waals surface area (Å²) in [5, 5.41) is 9.37. The van der Waals surface area contributed by atoms with Crippen molar-refractivity contribution in [2.45, 2.75) is 320 Å². The van der Waals surface area contributed by atoms with Crippen molar-refractivity contribution in [3.8, 4) is 6.07 Å². The van der Waals surface area contributed by atoms with Gasteiger partial charge in [-0.25, -0.2) is 0 Å². The Bertz CT molecular complexity index is 1090. The van der Waals surface area contributed by atoms with Crippen molar-refractivity contribution in [2.75, 3.05) is 0 Å². The summed E-state index contributed by atoms with van der Waals surface area (Å²) in [4.78, 5) is 11.9. The van der Waals surface area contributed by atoms with Crippen LogP contribution in [0.4, 0.5) is 0 Å². The molecular formula is C61H114INO2S. The van der Waals surface area contributed by atoms with Gasteiger partial charge in [-0.2, -0.15) is 5.26 Å². The Morgan fingerprint density at radius 1 is 0.470 bits per heavy atom. The molecule has 66 heavy (non-hydrogen) atoms. The number of hydrogen-bond acceptors (Lipinski definition) is 4. The minimum atomic E-state index is 0.314. The Morgan fingerprint density at radius 3 is 1.03 bits per heavy atom. The van der Waals surface area contributed by atoms with Crippen molar-refractivity contribution < 1.29 is 9.35 Å². The molecule has 0 rings (SSSR count). The van der Waals surface area contributed by atoms with Crippen molar-refractivity contribution in [3.63, 3.8) is 0 Å². The molecule has 0 aromatic rings. The SMILES string of the molecule is CCCCC/C=C\C/C=C\CCCCCCCCCC(=O)CCCCCCCCC.CCCCC/C=C\C/C=C\CCCCCCCCCC(C#N)CCCCCCCCC.[3H]OSC(C)I. The highest BCUT2D eigenvalue weighted by atomic mass is 127. The molecule has 2 unspecified atom stereocenters. The Morgan fingerprint density at radius 2 is 0.742 bits per heavy atom. The lowest BCUT2D eigenvalue weighted by Gasteiger charge is -2.09. The van der Waals surface area contributed by atoms with Crippen molar-refractivity contribution in [2.24, 2.45) is 5.92 Å². The molecule has 0 aromatic carbocycles. The number of nitrogens with zero attached hydrogens (tertiary/aromatic N) is 1. The molecule has 0 radical (unpaired) electrons. The highest BCUT2D eigenvalue weighted by molar-refractivity contribution is 14.1. The average Bonchev–Trinajstić information content (AvgIpc) is 3.32. The van der Waals surface area contributed by atoms with E-state index in [4.69, 9.17) is 1.43 Å². The number of rotatable bonds is 50. The molecule has 0 saturated carbocycles. The Balaban J connectivity index is -0.00000109. The van der Waals surface area contributed by atoms with E-state index in [1.807, 2.05) is 6.92 Å². The topological polar surface area (TPSA) is 61.1 Å². The number of halogens is 1. The molecule has 0 amide bonds. The Hall–Kier alpha value is -0.840. The zero-order chi connectivity index (χ0) is 49.6. The number of unbranched alkanes of at least 4 members (excludes halogenated alkanes) is 32. The second-order valence-electron chi connectivity index (χ2n) is 19.2. The minimum Gasteiger partial charge on any atom is -0.329 e. The maximum absolute atomic E-state index is 11.9. The molecule has 0 spiro atoms. The van der Waals surface area contributed by atoms with Crippen LogP contribution >= 0.6 is 34.6 Å². The lowest BCUT2D eigenvalue weighted by molar-refractivity contribution is -0.119. The first-order valence-corrected chi connectivity index (χ1v) is 30.9. The first-order valence-electron chi connectivity index (χ1n) is 29.3. The van der Waals surface area contributed by atoms with Crippen LogP contribution in [-0.4, -0.2) is 13.6 Å². The smallest absolute Gasteiger partial charge is 0.229 e. The fourth-order valence-electron chi connectivity index (χ4n) is 8.07. The van der Waals surface area contributed by atoms with Crippen LogP contribution in [0, 0.1) is 17.2 Å². The van der Waals surface area contributed by atoms with E-state index >= 15 is 0 Å². The van der Waals surface area contributed by atoms with Gasteiger partial charge in [-0.05, 0) is 96.8 Å². The summed E-state index contributed by atoms with van der Waals surface area (Å²) in [6.45, 7) is 11.0. The second-order valence-corrected chi connectivity index (χ2v) is 22.8. The minimum absolute atomic E-state index is 0.314. The van der Waals surface area contributed by atoms with Crippen LogP contribution in [-0.2, 0) is 4.79 Å². The fraction of sp³-hybridized carbons (Fsp3) is 0.836. The van der Waals surface area contributed by atoms with Gasteiger partial charge >= 0.3 is 0 Å². The highest BCUT2D eigenvalue weighted by Crippen LogP contribution is 2.19. The Kier molecular flexibility index (Phi) is 67.5. The van der Waals surface area contributed by atoms with Crippen LogP contribution in [0.3, 0.4) is 0 Å². The molecule has 0 bridgehead atoms. The van der Waals surface area contributed by atoms with Crippen molar-refractivity contribution in [3.05, 3.63) is 48.6 Å². The summed E-state index contributed by atoms with van der Waals surface area (Å²) < 4.78 is 10.5. The summed E-state index contributed by atoms with van der Waals surface area (Å²) in [6, 6.07) is 2.56. The van der Waals surface area contributed by atoms with E-state index < -0.39 is 0 Å². The molecule has 0 aliphatic rings. The predicted octanol–water partition coefficient (Wildman–Crippen LogP) is 23.1. The molecule has 2 atom stereocenters. The molecule has 388 valence electrons. The summed E-state index contributed by atoms with van der Waals surface area (Å²) in [5.41, 5.74) is 0. The van der Waals surface area contributed by atoms with Gasteiger partial charge in [0, 0.05) is 30.8 Å². The van der Waals surface area contributed by atoms with Crippen LogP contribution in [0.15, 0.2) is 48.6 Å². The predicted molar refractivity (Wildman–Crippen MR) is 310 cm³/mol. The van der Waals surface area contributed by atoms with Gasteiger partial charge in [-0.15, -0.1) is 0 Å². The van der Waals surface area contributed by atoms with Gasteiger partial charge in [0.25, 0.3) is 0 Å². The van der Waals surface area contributed by atoms with Crippen molar-refractivity contribution in [1.29, 1.82) is 6.69 Å². The molecule has 5 heteroatoms. The molecule has 3 nitrogen and oxygen atoms in total. The summed E-state index contributed by atoms with van der Waals surface area (Å²) >= 11 is 3.30. The second kappa shape index (κ2) is 66.2. The summed E-state index contributed by atoms with van der Waals surface area (Å²) in [7, 11) is 0. The van der Waals surface area contributed by atoms with Gasteiger partial charge in [-0.3, -0.25) is 4.79 Å². The largest absolute Gasteiger partial charge is 0.329 e. The van der Waals surface area contributed by atoms with E-state index in [0.29, 0.717) is 15.0 Å². The fourth-order valence-corrected chi connectivity index (χ4v) is 8.07.